The monoisotopic (exact) mass is 293 g/mol. The third-order valence-electron chi connectivity index (χ3n) is 2.63. The molecule has 1 aromatic heterocycles. The number of nitrogen functional groups attached to an aromatic ring is 1. The molecular formula is C11H11N5O3S. The Hall–Kier alpha value is -2.55. The van der Waals surface area contributed by atoms with Crippen molar-refractivity contribution in [3.8, 4) is 0 Å². The molecule has 0 radical (unpaired) electrons. The lowest BCUT2D eigenvalue weighted by atomic mass is 10.1. The largest absolute Gasteiger partial charge is 0.374 e. The van der Waals surface area contributed by atoms with Gasteiger partial charge < -0.3 is 11.1 Å². The summed E-state index contributed by atoms with van der Waals surface area (Å²) >= 11 is 1.17. The van der Waals surface area contributed by atoms with E-state index in [2.05, 4.69) is 15.5 Å². The van der Waals surface area contributed by atoms with Crippen LogP contribution in [0.25, 0.3) is 0 Å². The lowest BCUT2D eigenvalue weighted by Crippen LogP contribution is -2.23. The van der Waals surface area contributed by atoms with Crippen LogP contribution < -0.4 is 11.1 Å². The topological polar surface area (TPSA) is 124 Å². The highest BCUT2D eigenvalue weighted by molar-refractivity contribution is 7.15. The van der Waals surface area contributed by atoms with Gasteiger partial charge >= 0.3 is 0 Å². The summed E-state index contributed by atoms with van der Waals surface area (Å²) in [5.74, 6) is -0.403. The molecule has 20 heavy (non-hydrogen) atoms. The SMILES string of the molecule is Cc1c(C(=O)NCc2nnc(N)s2)cccc1[N+](=O)[O-]. The van der Waals surface area contributed by atoms with Gasteiger partial charge in [0.05, 0.1) is 11.5 Å². The summed E-state index contributed by atoms with van der Waals surface area (Å²) in [6, 6.07) is 4.37. The summed E-state index contributed by atoms with van der Waals surface area (Å²) in [7, 11) is 0. The van der Waals surface area contributed by atoms with Crippen molar-refractivity contribution in [1.29, 1.82) is 0 Å². The minimum Gasteiger partial charge on any atom is -0.374 e. The zero-order valence-electron chi connectivity index (χ0n) is 10.5. The average molecular weight is 293 g/mol. The van der Waals surface area contributed by atoms with Gasteiger partial charge in [-0.3, -0.25) is 14.9 Å². The number of rotatable bonds is 4. The van der Waals surface area contributed by atoms with Gasteiger partial charge in [0.1, 0.15) is 5.01 Å². The lowest BCUT2D eigenvalue weighted by molar-refractivity contribution is -0.385. The number of benzene rings is 1. The highest BCUT2D eigenvalue weighted by atomic mass is 32.1. The van der Waals surface area contributed by atoms with Crippen LogP contribution >= 0.6 is 11.3 Å². The first-order valence-electron chi connectivity index (χ1n) is 5.59. The molecule has 9 heteroatoms. The Bertz CT molecular complexity index is 670. The second-order valence-corrected chi connectivity index (χ2v) is 5.02. The minimum absolute atomic E-state index is 0.0854. The number of carbonyl (C=O) groups is 1. The van der Waals surface area contributed by atoms with E-state index in [1.807, 2.05) is 0 Å². The van der Waals surface area contributed by atoms with E-state index in [1.165, 1.54) is 36.5 Å². The summed E-state index contributed by atoms with van der Waals surface area (Å²) in [6.45, 7) is 1.71. The number of hydrogen-bond donors (Lipinski definition) is 2. The van der Waals surface area contributed by atoms with E-state index >= 15 is 0 Å². The number of nitrogens with two attached hydrogens (primary N) is 1. The Labute approximate surface area is 117 Å². The Balaban J connectivity index is 2.13. The Morgan fingerprint density at radius 2 is 2.25 bits per heavy atom. The Morgan fingerprint density at radius 1 is 1.50 bits per heavy atom. The maximum atomic E-state index is 12.0. The number of nitrogens with one attached hydrogen (secondary N) is 1. The maximum absolute atomic E-state index is 12.0. The van der Waals surface area contributed by atoms with Crippen LogP contribution in [0.2, 0.25) is 0 Å². The molecule has 2 aromatic rings. The van der Waals surface area contributed by atoms with Crippen LogP contribution in [-0.2, 0) is 6.54 Å². The van der Waals surface area contributed by atoms with Crippen LogP contribution in [0.3, 0.4) is 0 Å². The standard InChI is InChI=1S/C11H11N5O3S/c1-6-7(3-2-4-8(6)16(18)19)10(17)13-5-9-14-15-11(12)20-9/h2-4H,5H2,1H3,(H2,12,15)(H,13,17). The van der Waals surface area contributed by atoms with Crippen molar-refractivity contribution in [2.24, 2.45) is 0 Å². The average Bonchev–Trinajstić information content (AvgIpc) is 2.81. The molecule has 2 rings (SSSR count). The lowest BCUT2D eigenvalue weighted by Gasteiger charge is -2.06. The Kier molecular flexibility index (Phi) is 3.89. The summed E-state index contributed by atoms with van der Waals surface area (Å²) in [5.41, 5.74) is 5.93. The van der Waals surface area contributed by atoms with Crippen LogP contribution in [0, 0.1) is 17.0 Å². The molecule has 1 amide bonds. The van der Waals surface area contributed by atoms with Gasteiger partial charge in [-0.05, 0) is 13.0 Å². The van der Waals surface area contributed by atoms with Crippen molar-refractivity contribution in [2.45, 2.75) is 13.5 Å². The first kappa shape index (κ1) is 13.9. The molecule has 0 aliphatic heterocycles. The number of nitrogens with zero attached hydrogens (tertiary/aromatic N) is 3. The molecule has 0 spiro atoms. The van der Waals surface area contributed by atoms with Crippen LogP contribution in [0.15, 0.2) is 18.2 Å². The fraction of sp³-hybridized carbons (Fsp3) is 0.182. The predicted octanol–water partition coefficient (Wildman–Crippen LogP) is 1.27. The molecule has 1 aromatic carbocycles. The molecule has 3 N–H and O–H groups in total. The summed E-state index contributed by atoms with van der Waals surface area (Å²) < 4.78 is 0. The molecule has 0 bridgehead atoms. The molecule has 8 nitrogen and oxygen atoms in total. The number of hydrogen-bond acceptors (Lipinski definition) is 7. The van der Waals surface area contributed by atoms with Crippen LogP contribution in [0.4, 0.5) is 10.8 Å². The zero-order chi connectivity index (χ0) is 14.7. The molecule has 0 unspecified atom stereocenters. The third-order valence-corrected chi connectivity index (χ3v) is 3.38. The van der Waals surface area contributed by atoms with Gasteiger partial charge in [0.2, 0.25) is 5.13 Å². The second kappa shape index (κ2) is 5.61. The quantitative estimate of drug-likeness (QED) is 0.646. The molecule has 1 heterocycles. The number of aromatic nitrogens is 2. The zero-order valence-corrected chi connectivity index (χ0v) is 11.3. The van der Waals surface area contributed by atoms with Crippen molar-refractivity contribution in [3.63, 3.8) is 0 Å². The first-order chi connectivity index (χ1) is 9.49. The van der Waals surface area contributed by atoms with E-state index in [1.54, 1.807) is 0 Å². The van der Waals surface area contributed by atoms with Gasteiger partial charge in [-0.2, -0.15) is 0 Å². The van der Waals surface area contributed by atoms with Gasteiger partial charge in [-0.25, -0.2) is 0 Å². The van der Waals surface area contributed by atoms with Gasteiger partial charge in [0, 0.05) is 17.2 Å². The smallest absolute Gasteiger partial charge is 0.273 e. The molecule has 0 atom stereocenters. The fourth-order valence-electron chi connectivity index (χ4n) is 1.66. The van der Waals surface area contributed by atoms with Gasteiger partial charge in [-0.15, -0.1) is 10.2 Å². The third kappa shape index (κ3) is 2.88. The predicted molar refractivity (Wildman–Crippen MR) is 73.3 cm³/mol. The summed E-state index contributed by atoms with van der Waals surface area (Å²) in [5, 5.41) is 21.7. The number of amides is 1. The number of carbonyl (C=O) groups excluding carboxylic acids is 1. The van der Waals surface area contributed by atoms with E-state index in [0.717, 1.165) is 0 Å². The van der Waals surface area contributed by atoms with E-state index < -0.39 is 10.8 Å². The molecule has 0 aliphatic carbocycles. The van der Waals surface area contributed by atoms with Crippen LogP contribution in [0.5, 0.6) is 0 Å². The highest BCUT2D eigenvalue weighted by Crippen LogP contribution is 2.21. The van der Waals surface area contributed by atoms with E-state index in [0.29, 0.717) is 15.7 Å². The molecular weight excluding hydrogens is 282 g/mol. The highest BCUT2D eigenvalue weighted by Gasteiger charge is 2.17. The number of nitro groups is 1. The van der Waals surface area contributed by atoms with E-state index in [4.69, 9.17) is 5.73 Å². The molecule has 0 saturated heterocycles. The molecule has 104 valence electrons. The fourth-order valence-corrected chi connectivity index (χ4v) is 2.21. The second-order valence-electron chi connectivity index (χ2n) is 3.92. The Morgan fingerprint density at radius 3 is 2.85 bits per heavy atom. The first-order valence-corrected chi connectivity index (χ1v) is 6.40. The van der Waals surface area contributed by atoms with Crippen molar-refractivity contribution < 1.29 is 9.72 Å². The summed E-state index contributed by atoms with van der Waals surface area (Å²) in [4.78, 5) is 22.3. The van der Waals surface area contributed by atoms with E-state index in [9.17, 15) is 14.9 Å². The van der Waals surface area contributed by atoms with Crippen molar-refractivity contribution in [3.05, 3.63) is 44.4 Å². The molecule has 0 aliphatic rings. The van der Waals surface area contributed by atoms with Crippen molar-refractivity contribution in [1.82, 2.24) is 15.5 Å². The van der Waals surface area contributed by atoms with Gasteiger partial charge in [0.15, 0.2) is 0 Å². The maximum Gasteiger partial charge on any atom is 0.273 e. The minimum atomic E-state index is -0.516. The molecule has 0 fully saturated rings. The normalized spacial score (nSPS) is 10.2. The van der Waals surface area contributed by atoms with Crippen molar-refractivity contribution >= 4 is 28.1 Å². The van der Waals surface area contributed by atoms with Gasteiger partial charge in [0.25, 0.3) is 11.6 Å². The number of nitro benzene ring substituents is 1. The number of anilines is 1. The van der Waals surface area contributed by atoms with E-state index in [-0.39, 0.29) is 17.8 Å². The molecule has 0 saturated carbocycles. The van der Waals surface area contributed by atoms with Gasteiger partial charge in [-0.1, -0.05) is 17.4 Å². The van der Waals surface area contributed by atoms with Crippen LogP contribution in [-0.4, -0.2) is 21.0 Å². The van der Waals surface area contributed by atoms with Crippen LogP contribution in [0.1, 0.15) is 20.9 Å². The summed E-state index contributed by atoms with van der Waals surface area (Å²) in [6.07, 6.45) is 0. The van der Waals surface area contributed by atoms with Crippen molar-refractivity contribution in [2.75, 3.05) is 5.73 Å².